The van der Waals surface area contributed by atoms with Gasteiger partial charge in [-0.3, -0.25) is 0 Å². The molecule has 1 fully saturated rings. The van der Waals surface area contributed by atoms with E-state index in [1.165, 1.54) is 18.2 Å². The molecule has 0 spiro atoms. The fourth-order valence-electron chi connectivity index (χ4n) is 4.27. The van der Waals surface area contributed by atoms with Gasteiger partial charge in [0.15, 0.2) is 19.7 Å². The van der Waals surface area contributed by atoms with Crippen molar-refractivity contribution in [3.63, 3.8) is 0 Å². The van der Waals surface area contributed by atoms with E-state index in [4.69, 9.17) is 9.47 Å². The molecule has 0 saturated carbocycles. The van der Waals surface area contributed by atoms with Crippen LogP contribution in [-0.4, -0.2) is 58.4 Å². The third-order valence-corrected chi connectivity index (χ3v) is 9.98. The maximum absolute atomic E-state index is 13.4. The van der Waals surface area contributed by atoms with Crippen molar-refractivity contribution >= 4 is 25.8 Å². The van der Waals surface area contributed by atoms with Crippen LogP contribution in [-0.2, 0) is 24.4 Å². The highest BCUT2D eigenvalue weighted by Gasteiger charge is 2.45. The van der Waals surface area contributed by atoms with E-state index < -0.39 is 36.3 Å². The first-order valence-corrected chi connectivity index (χ1v) is 14.4. The predicted molar refractivity (Wildman–Crippen MR) is 126 cm³/mol. The lowest BCUT2D eigenvalue weighted by atomic mass is 10.1. The molecule has 8 nitrogen and oxygen atoms in total. The second kappa shape index (κ2) is 8.88. The topological polar surface area (TPSA) is 107 Å². The van der Waals surface area contributed by atoms with Crippen molar-refractivity contribution in [2.24, 2.45) is 0 Å². The number of nitrogens with zero attached hydrogens (tertiary/aromatic N) is 1. The van der Waals surface area contributed by atoms with Gasteiger partial charge in [0, 0.05) is 31.5 Å². The van der Waals surface area contributed by atoms with Gasteiger partial charge < -0.3 is 14.4 Å². The molecule has 34 heavy (non-hydrogen) atoms. The molecule has 2 aliphatic rings. The maximum atomic E-state index is 13.4. The third-order valence-electron chi connectivity index (χ3n) is 5.89. The molecule has 2 aliphatic heterocycles. The molecular formula is C24H29NO7S2. The number of benzene rings is 2. The van der Waals surface area contributed by atoms with Gasteiger partial charge in [-0.2, -0.15) is 0 Å². The van der Waals surface area contributed by atoms with Crippen LogP contribution >= 0.6 is 0 Å². The summed E-state index contributed by atoms with van der Waals surface area (Å²) >= 11 is 0. The Labute approximate surface area is 200 Å². The molecule has 1 unspecified atom stereocenters. The zero-order chi connectivity index (χ0) is 24.7. The van der Waals surface area contributed by atoms with E-state index in [-0.39, 0.29) is 33.3 Å². The number of amides is 1. The van der Waals surface area contributed by atoms with Gasteiger partial charge in [0.25, 0.3) is 0 Å². The standard InChI is InChI=1S/C24H29NO7S2/c1-24(2,3)32-23(26)25-14-12-17(13-15-25)31-19-10-7-11-20-22(19)21(16-33(20,27)28)34(29,30)18-8-5-4-6-9-18/h4-11,17,21H,12-16H2,1-3H3. The lowest BCUT2D eigenvalue weighted by Crippen LogP contribution is -2.44. The number of carbonyl (C=O) groups excluding carboxylic acids is 1. The highest BCUT2D eigenvalue weighted by atomic mass is 32.2. The van der Waals surface area contributed by atoms with Crippen LogP contribution in [0.5, 0.6) is 5.75 Å². The first kappa shape index (κ1) is 24.5. The number of rotatable bonds is 4. The van der Waals surface area contributed by atoms with Crippen molar-refractivity contribution in [2.45, 2.75) is 60.4 Å². The second-order valence-corrected chi connectivity index (χ2v) is 13.7. The normalized spacial score (nSPS) is 20.6. The lowest BCUT2D eigenvalue weighted by Gasteiger charge is -2.34. The van der Waals surface area contributed by atoms with Crippen molar-refractivity contribution in [3.8, 4) is 5.75 Å². The Kier molecular flexibility index (Phi) is 6.41. The first-order valence-electron chi connectivity index (χ1n) is 11.2. The molecule has 0 aromatic heterocycles. The fraction of sp³-hybridized carbons (Fsp3) is 0.458. The SMILES string of the molecule is CC(C)(C)OC(=O)N1CCC(Oc2cccc3c2C(S(=O)(=O)c2ccccc2)CS3(=O)=O)CC1. The quantitative estimate of drug-likeness (QED) is 0.620. The summed E-state index contributed by atoms with van der Waals surface area (Å²) in [6.45, 7) is 6.29. The van der Waals surface area contributed by atoms with Crippen LogP contribution in [0.2, 0.25) is 0 Å². The zero-order valence-corrected chi connectivity index (χ0v) is 21.1. The highest BCUT2D eigenvalue weighted by Crippen LogP contribution is 2.46. The Morgan fingerprint density at radius 1 is 1.00 bits per heavy atom. The van der Waals surface area contributed by atoms with Crippen molar-refractivity contribution in [1.29, 1.82) is 0 Å². The van der Waals surface area contributed by atoms with E-state index in [1.54, 1.807) is 35.2 Å². The van der Waals surface area contributed by atoms with Gasteiger partial charge in [0.1, 0.15) is 22.7 Å². The number of hydrogen-bond acceptors (Lipinski definition) is 7. The minimum Gasteiger partial charge on any atom is -0.490 e. The molecule has 1 saturated heterocycles. The van der Waals surface area contributed by atoms with Crippen LogP contribution in [0.3, 0.4) is 0 Å². The molecule has 0 bridgehead atoms. The van der Waals surface area contributed by atoms with E-state index in [0.29, 0.717) is 25.9 Å². The Balaban J connectivity index is 1.57. The van der Waals surface area contributed by atoms with Crippen LogP contribution < -0.4 is 4.74 Å². The molecule has 10 heteroatoms. The smallest absolute Gasteiger partial charge is 0.410 e. The third kappa shape index (κ3) is 4.93. The summed E-state index contributed by atoms with van der Waals surface area (Å²) in [5, 5.41) is -1.24. The van der Waals surface area contributed by atoms with E-state index in [2.05, 4.69) is 0 Å². The highest BCUT2D eigenvalue weighted by molar-refractivity contribution is 7.96. The molecule has 0 radical (unpaired) electrons. The maximum Gasteiger partial charge on any atom is 0.410 e. The summed E-state index contributed by atoms with van der Waals surface area (Å²) in [6, 6.07) is 12.5. The summed E-state index contributed by atoms with van der Waals surface area (Å²) in [7, 11) is -7.73. The molecule has 2 aromatic rings. The Morgan fingerprint density at radius 2 is 1.65 bits per heavy atom. The van der Waals surface area contributed by atoms with Crippen LogP contribution in [0.4, 0.5) is 4.79 Å². The summed E-state index contributed by atoms with van der Waals surface area (Å²) in [6.07, 6.45) is 0.373. The van der Waals surface area contributed by atoms with E-state index >= 15 is 0 Å². The summed E-state index contributed by atoms with van der Waals surface area (Å²) in [4.78, 5) is 14.0. The number of likely N-dealkylation sites (tertiary alicyclic amines) is 1. The number of ether oxygens (including phenoxy) is 2. The Morgan fingerprint density at radius 3 is 2.26 bits per heavy atom. The average molecular weight is 508 g/mol. The van der Waals surface area contributed by atoms with Crippen molar-refractivity contribution < 1.29 is 31.1 Å². The average Bonchev–Trinajstić information content (AvgIpc) is 3.06. The van der Waals surface area contributed by atoms with Crippen LogP contribution in [0.15, 0.2) is 58.3 Å². The van der Waals surface area contributed by atoms with Gasteiger partial charge in [0.05, 0.1) is 15.5 Å². The molecule has 2 aromatic carbocycles. The number of sulfone groups is 2. The number of fused-ring (bicyclic) bond motifs is 1. The second-order valence-electron chi connectivity index (χ2n) is 9.58. The summed E-state index contributed by atoms with van der Waals surface area (Å²) < 4.78 is 64.0. The van der Waals surface area contributed by atoms with Gasteiger partial charge in [-0.15, -0.1) is 0 Å². The van der Waals surface area contributed by atoms with Gasteiger partial charge in [-0.05, 0) is 45.0 Å². The van der Waals surface area contributed by atoms with E-state index in [0.717, 1.165) is 0 Å². The number of hydrogen-bond donors (Lipinski definition) is 0. The Bertz CT molecular complexity index is 1270. The van der Waals surface area contributed by atoms with Crippen LogP contribution in [0.25, 0.3) is 0 Å². The first-order chi connectivity index (χ1) is 15.9. The molecule has 1 amide bonds. The molecule has 2 heterocycles. The minimum absolute atomic E-state index is 0.000645. The summed E-state index contributed by atoms with van der Waals surface area (Å²) in [5.41, 5.74) is -0.388. The molecule has 184 valence electrons. The molecule has 1 atom stereocenters. The fourth-order valence-corrected chi connectivity index (χ4v) is 8.62. The largest absolute Gasteiger partial charge is 0.490 e. The zero-order valence-electron chi connectivity index (χ0n) is 19.4. The van der Waals surface area contributed by atoms with Crippen molar-refractivity contribution in [1.82, 2.24) is 4.90 Å². The van der Waals surface area contributed by atoms with E-state index in [1.807, 2.05) is 20.8 Å². The van der Waals surface area contributed by atoms with Gasteiger partial charge in [0.2, 0.25) is 0 Å². The van der Waals surface area contributed by atoms with Gasteiger partial charge in [-0.25, -0.2) is 21.6 Å². The van der Waals surface area contributed by atoms with Crippen LogP contribution in [0, 0.1) is 0 Å². The van der Waals surface area contributed by atoms with E-state index in [9.17, 15) is 21.6 Å². The van der Waals surface area contributed by atoms with Gasteiger partial charge >= 0.3 is 6.09 Å². The molecule has 0 N–H and O–H groups in total. The minimum atomic E-state index is -3.95. The molecule has 4 rings (SSSR count). The number of carbonyl (C=O) groups is 1. The summed E-state index contributed by atoms with van der Waals surface area (Å²) in [5.74, 6) is -0.254. The predicted octanol–water partition coefficient (Wildman–Crippen LogP) is 3.77. The van der Waals surface area contributed by atoms with Crippen LogP contribution in [0.1, 0.15) is 44.4 Å². The molecule has 0 aliphatic carbocycles. The van der Waals surface area contributed by atoms with Crippen molar-refractivity contribution in [2.75, 3.05) is 18.8 Å². The lowest BCUT2D eigenvalue weighted by molar-refractivity contribution is 0.0125. The van der Waals surface area contributed by atoms with Gasteiger partial charge in [-0.1, -0.05) is 24.3 Å². The number of piperidine rings is 1. The molecular weight excluding hydrogens is 478 g/mol. The monoisotopic (exact) mass is 507 g/mol. The van der Waals surface area contributed by atoms with Crippen molar-refractivity contribution in [3.05, 3.63) is 54.1 Å². The Hall–Kier alpha value is -2.59.